The van der Waals surface area contributed by atoms with E-state index in [0.29, 0.717) is 26.4 Å². The Morgan fingerprint density at radius 3 is 2.84 bits per heavy atom. The third-order valence-electron chi connectivity index (χ3n) is 3.42. The fraction of sp³-hybridized carbons (Fsp3) is 0.600. The first-order valence-corrected chi connectivity index (χ1v) is 6.83. The normalized spacial score (nSPS) is 17.2. The molecule has 0 amide bonds. The zero-order valence-corrected chi connectivity index (χ0v) is 11.5. The molecule has 2 rings (SSSR count). The lowest BCUT2D eigenvalue weighted by Gasteiger charge is -2.30. The number of methoxy groups -OCH3 is 1. The molecule has 0 radical (unpaired) electrons. The van der Waals surface area contributed by atoms with Crippen LogP contribution < -0.4 is 0 Å². The number of β-amino-alcohol motifs (C(OH)–C–C–N with tert-alkyl or cyclic N) is 1. The molecule has 0 aliphatic carbocycles. The van der Waals surface area contributed by atoms with E-state index in [1.54, 1.807) is 7.11 Å². The van der Waals surface area contributed by atoms with Crippen molar-refractivity contribution in [2.75, 3.05) is 40.0 Å². The van der Waals surface area contributed by atoms with Gasteiger partial charge < -0.3 is 14.6 Å². The first-order valence-electron chi connectivity index (χ1n) is 6.83. The highest BCUT2D eigenvalue weighted by molar-refractivity contribution is 5.29. The lowest BCUT2D eigenvalue weighted by molar-refractivity contribution is -0.00218. The van der Waals surface area contributed by atoms with E-state index in [4.69, 9.17) is 9.47 Å². The number of hydrogen-bond acceptors (Lipinski definition) is 4. The van der Waals surface area contributed by atoms with Crippen LogP contribution in [-0.4, -0.2) is 56.1 Å². The molecule has 19 heavy (non-hydrogen) atoms. The largest absolute Gasteiger partial charge is 0.389 e. The Hall–Kier alpha value is -0.940. The molecule has 0 aromatic heterocycles. The van der Waals surface area contributed by atoms with Gasteiger partial charge in [-0.25, -0.2) is 0 Å². The second-order valence-corrected chi connectivity index (χ2v) is 4.98. The molecular formula is C15H23NO3. The molecule has 1 unspecified atom stereocenters. The molecular weight excluding hydrogens is 242 g/mol. The van der Waals surface area contributed by atoms with Crippen molar-refractivity contribution < 1.29 is 14.6 Å². The van der Waals surface area contributed by atoms with Crippen LogP contribution in [0.25, 0.3) is 0 Å². The molecule has 0 saturated heterocycles. The van der Waals surface area contributed by atoms with Gasteiger partial charge in [0, 0.05) is 26.7 Å². The molecule has 4 heteroatoms. The molecule has 0 saturated carbocycles. The Bertz CT molecular complexity index is 383. The third kappa shape index (κ3) is 4.58. The predicted molar refractivity (Wildman–Crippen MR) is 74.1 cm³/mol. The van der Waals surface area contributed by atoms with Crippen LogP contribution in [0.4, 0.5) is 0 Å². The van der Waals surface area contributed by atoms with E-state index in [2.05, 4.69) is 29.2 Å². The van der Waals surface area contributed by atoms with Crippen molar-refractivity contribution in [2.24, 2.45) is 0 Å². The summed E-state index contributed by atoms with van der Waals surface area (Å²) in [6.45, 7) is 4.08. The van der Waals surface area contributed by atoms with Crippen LogP contribution in [0, 0.1) is 0 Å². The van der Waals surface area contributed by atoms with Crippen LogP contribution in [0.1, 0.15) is 11.1 Å². The summed E-state index contributed by atoms with van der Waals surface area (Å²) in [6.07, 6.45) is 0.634. The first-order chi connectivity index (χ1) is 9.29. The maximum Gasteiger partial charge on any atom is 0.0900 e. The minimum absolute atomic E-state index is 0.376. The van der Waals surface area contributed by atoms with Gasteiger partial charge in [0.25, 0.3) is 0 Å². The van der Waals surface area contributed by atoms with Gasteiger partial charge in [0.05, 0.1) is 25.9 Å². The molecule has 1 N–H and O–H groups in total. The number of nitrogens with zero attached hydrogens (tertiary/aromatic N) is 1. The van der Waals surface area contributed by atoms with E-state index < -0.39 is 6.10 Å². The SMILES string of the molecule is COCCOCC(O)CN1CCc2ccccc2C1. The Kier molecular flexibility index (Phi) is 5.79. The van der Waals surface area contributed by atoms with Gasteiger partial charge in [-0.05, 0) is 17.5 Å². The minimum Gasteiger partial charge on any atom is -0.389 e. The highest BCUT2D eigenvalue weighted by atomic mass is 16.5. The van der Waals surface area contributed by atoms with Gasteiger partial charge in [0.2, 0.25) is 0 Å². The molecule has 1 aromatic carbocycles. The lowest BCUT2D eigenvalue weighted by Crippen LogP contribution is -2.38. The van der Waals surface area contributed by atoms with Crippen molar-refractivity contribution >= 4 is 0 Å². The number of fused-ring (bicyclic) bond motifs is 1. The van der Waals surface area contributed by atoms with E-state index in [1.165, 1.54) is 11.1 Å². The maximum absolute atomic E-state index is 9.94. The number of aliphatic hydroxyl groups excluding tert-OH is 1. The molecule has 0 fully saturated rings. The summed E-state index contributed by atoms with van der Waals surface area (Å²) in [6, 6.07) is 8.53. The second kappa shape index (κ2) is 7.60. The van der Waals surface area contributed by atoms with Crippen molar-refractivity contribution in [1.82, 2.24) is 4.90 Å². The summed E-state index contributed by atoms with van der Waals surface area (Å²) in [5, 5.41) is 9.94. The summed E-state index contributed by atoms with van der Waals surface area (Å²) < 4.78 is 10.2. The average Bonchev–Trinajstić information content (AvgIpc) is 2.43. The van der Waals surface area contributed by atoms with E-state index in [-0.39, 0.29) is 0 Å². The number of hydrogen-bond donors (Lipinski definition) is 1. The zero-order chi connectivity index (χ0) is 13.5. The zero-order valence-electron chi connectivity index (χ0n) is 11.5. The van der Waals surface area contributed by atoms with Gasteiger partial charge in [-0.1, -0.05) is 24.3 Å². The van der Waals surface area contributed by atoms with Crippen molar-refractivity contribution in [1.29, 1.82) is 0 Å². The van der Waals surface area contributed by atoms with Gasteiger partial charge >= 0.3 is 0 Å². The molecule has 1 heterocycles. The first kappa shape index (κ1) is 14.5. The van der Waals surface area contributed by atoms with Gasteiger partial charge in [0.1, 0.15) is 0 Å². The van der Waals surface area contributed by atoms with E-state index in [0.717, 1.165) is 19.5 Å². The number of rotatable bonds is 7. The Morgan fingerprint density at radius 1 is 1.26 bits per heavy atom. The fourth-order valence-electron chi connectivity index (χ4n) is 2.42. The summed E-state index contributed by atoms with van der Waals surface area (Å²) in [4.78, 5) is 2.28. The monoisotopic (exact) mass is 265 g/mol. The van der Waals surface area contributed by atoms with Gasteiger partial charge in [0.15, 0.2) is 0 Å². The van der Waals surface area contributed by atoms with E-state index >= 15 is 0 Å². The molecule has 0 bridgehead atoms. The van der Waals surface area contributed by atoms with Crippen LogP contribution in [0.2, 0.25) is 0 Å². The quantitative estimate of drug-likeness (QED) is 0.749. The predicted octanol–water partition coefficient (Wildman–Crippen LogP) is 1.07. The summed E-state index contributed by atoms with van der Waals surface area (Å²) in [5.41, 5.74) is 2.81. The maximum atomic E-state index is 9.94. The number of ether oxygens (including phenoxy) is 2. The van der Waals surface area contributed by atoms with Crippen LogP contribution in [0.5, 0.6) is 0 Å². The number of benzene rings is 1. The minimum atomic E-state index is -0.429. The summed E-state index contributed by atoms with van der Waals surface area (Å²) in [5.74, 6) is 0. The lowest BCUT2D eigenvalue weighted by atomic mass is 10.00. The average molecular weight is 265 g/mol. The summed E-state index contributed by atoms with van der Waals surface area (Å²) in [7, 11) is 1.64. The van der Waals surface area contributed by atoms with Crippen LogP contribution >= 0.6 is 0 Å². The Labute approximate surface area is 114 Å². The highest BCUT2D eigenvalue weighted by Gasteiger charge is 2.18. The standard InChI is InChI=1S/C15H23NO3/c1-18-8-9-19-12-15(17)11-16-7-6-13-4-2-3-5-14(13)10-16/h2-5,15,17H,6-12H2,1H3. The topological polar surface area (TPSA) is 41.9 Å². The molecule has 0 spiro atoms. The second-order valence-electron chi connectivity index (χ2n) is 4.98. The number of aliphatic hydroxyl groups is 1. The molecule has 1 atom stereocenters. The van der Waals surface area contributed by atoms with Gasteiger partial charge in [-0.15, -0.1) is 0 Å². The molecule has 4 nitrogen and oxygen atoms in total. The molecule has 106 valence electrons. The van der Waals surface area contributed by atoms with E-state index in [9.17, 15) is 5.11 Å². The van der Waals surface area contributed by atoms with Crippen molar-refractivity contribution in [3.8, 4) is 0 Å². The van der Waals surface area contributed by atoms with Crippen LogP contribution in [0.3, 0.4) is 0 Å². The van der Waals surface area contributed by atoms with Gasteiger partial charge in [-0.3, -0.25) is 4.90 Å². The van der Waals surface area contributed by atoms with Crippen LogP contribution in [-0.2, 0) is 22.4 Å². The Balaban J connectivity index is 1.72. The fourth-order valence-corrected chi connectivity index (χ4v) is 2.42. The molecule has 1 aliphatic heterocycles. The summed E-state index contributed by atoms with van der Waals surface area (Å²) >= 11 is 0. The highest BCUT2D eigenvalue weighted by Crippen LogP contribution is 2.18. The molecule has 1 aliphatic rings. The van der Waals surface area contributed by atoms with Gasteiger partial charge in [-0.2, -0.15) is 0 Å². The Morgan fingerprint density at radius 2 is 2.05 bits per heavy atom. The van der Waals surface area contributed by atoms with E-state index in [1.807, 2.05) is 0 Å². The molecule has 1 aromatic rings. The van der Waals surface area contributed by atoms with Crippen LogP contribution in [0.15, 0.2) is 24.3 Å². The van der Waals surface area contributed by atoms with Crippen molar-refractivity contribution in [3.05, 3.63) is 35.4 Å². The third-order valence-corrected chi connectivity index (χ3v) is 3.42. The smallest absolute Gasteiger partial charge is 0.0900 e. The van der Waals surface area contributed by atoms with Crippen molar-refractivity contribution in [3.63, 3.8) is 0 Å². The van der Waals surface area contributed by atoms with Crippen molar-refractivity contribution in [2.45, 2.75) is 19.1 Å².